The fraction of sp³-hybridized carbons (Fsp3) is 0.515. The van der Waals surface area contributed by atoms with Crippen molar-refractivity contribution in [2.24, 2.45) is 34.3 Å². The van der Waals surface area contributed by atoms with Crippen molar-refractivity contribution < 1.29 is 9.53 Å². The van der Waals surface area contributed by atoms with E-state index in [1.54, 1.807) is 0 Å². The smallest absolute Gasteiger partial charge is 0.323 e. The van der Waals surface area contributed by atoms with Crippen molar-refractivity contribution in [3.8, 4) is 0 Å². The third-order valence-corrected chi connectivity index (χ3v) is 10.5. The Kier molecular flexibility index (Phi) is 6.35. The summed E-state index contributed by atoms with van der Waals surface area (Å²) >= 11 is 0. The molecule has 2 fully saturated rings. The highest BCUT2D eigenvalue weighted by Crippen LogP contribution is 2.66. The Morgan fingerprint density at radius 3 is 2.62 bits per heavy atom. The molecule has 0 aliphatic heterocycles. The van der Waals surface area contributed by atoms with Crippen molar-refractivity contribution in [3.63, 3.8) is 0 Å². The van der Waals surface area contributed by atoms with Crippen LogP contribution in [0.25, 0.3) is 5.57 Å². The van der Waals surface area contributed by atoms with Crippen LogP contribution in [0.2, 0.25) is 0 Å². The number of rotatable bonds is 5. The van der Waals surface area contributed by atoms with Crippen LogP contribution in [-0.4, -0.2) is 23.1 Å². The molecule has 4 aliphatic rings. The lowest BCUT2D eigenvalue weighted by Gasteiger charge is -2.57. The molecule has 4 nitrogen and oxygen atoms in total. The largest absolute Gasteiger partial charge is 0.461 e. The summed E-state index contributed by atoms with van der Waals surface area (Å²) in [5, 5.41) is 0. The third-order valence-electron chi connectivity index (χ3n) is 10.5. The molecule has 4 aliphatic carbocycles. The first-order chi connectivity index (χ1) is 17.9. The van der Waals surface area contributed by atoms with Crippen LogP contribution in [0.5, 0.6) is 0 Å². The standard InChI is InChI=1S/C33H40N2O2/c1-32-16-14-25(37-31(36)30(34)19-22-7-4-3-5-8-22)20-24(32)10-11-26-28-13-12-27(23-9-6-18-35-21-23)33(28,2)17-15-29(26)32/h3-10,12,18,21,25-26,28-30H,11,13-17,19-20,34H2,1-2H3. The van der Waals surface area contributed by atoms with E-state index in [1.807, 2.05) is 42.7 Å². The topological polar surface area (TPSA) is 65.2 Å². The lowest BCUT2D eigenvalue weighted by molar-refractivity contribution is -0.153. The summed E-state index contributed by atoms with van der Waals surface area (Å²) < 4.78 is 5.98. The Balaban J connectivity index is 1.13. The molecule has 0 spiro atoms. The van der Waals surface area contributed by atoms with Gasteiger partial charge in [-0.25, -0.2) is 0 Å². The van der Waals surface area contributed by atoms with E-state index in [4.69, 9.17) is 10.5 Å². The van der Waals surface area contributed by atoms with Gasteiger partial charge in [-0.05, 0) is 96.3 Å². The van der Waals surface area contributed by atoms with Crippen LogP contribution in [0, 0.1) is 28.6 Å². The highest BCUT2D eigenvalue weighted by atomic mass is 16.5. The number of aromatic nitrogens is 1. The Bertz CT molecular complexity index is 1210. The molecule has 0 radical (unpaired) electrons. The predicted molar refractivity (Wildman–Crippen MR) is 147 cm³/mol. The van der Waals surface area contributed by atoms with Gasteiger partial charge in [0.1, 0.15) is 12.1 Å². The van der Waals surface area contributed by atoms with Gasteiger partial charge in [0, 0.05) is 18.8 Å². The van der Waals surface area contributed by atoms with Crippen molar-refractivity contribution in [2.45, 2.75) is 77.4 Å². The van der Waals surface area contributed by atoms with Crippen LogP contribution in [0.15, 0.2) is 72.6 Å². The number of nitrogens with zero attached hydrogens (tertiary/aromatic N) is 1. The number of carbonyl (C=O) groups excluding carboxylic acids is 1. The maximum atomic E-state index is 12.8. The van der Waals surface area contributed by atoms with Crippen LogP contribution in [0.1, 0.15) is 69.9 Å². The lowest BCUT2D eigenvalue weighted by atomic mass is 9.47. The van der Waals surface area contributed by atoms with Gasteiger partial charge in [0.25, 0.3) is 0 Å². The average molecular weight is 497 g/mol. The normalized spacial score (nSPS) is 35.3. The molecule has 37 heavy (non-hydrogen) atoms. The maximum Gasteiger partial charge on any atom is 0.323 e. The Labute approximate surface area is 221 Å². The van der Waals surface area contributed by atoms with Gasteiger partial charge in [0.2, 0.25) is 0 Å². The zero-order valence-electron chi connectivity index (χ0n) is 22.2. The molecule has 2 N–H and O–H groups in total. The fourth-order valence-corrected chi connectivity index (χ4v) is 8.47. The van der Waals surface area contributed by atoms with Gasteiger partial charge in [0.15, 0.2) is 0 Å². The molecule has 194 valence electrons. The molecule has 1 heterocycles. The molecule has 2 saturated carbocycles. The number of esters is 1. The van der Waals surface area contributed by atoms with Gasteiger partial charge in [-0.1, -0.05) is 68.0 Å². The maximum absolute atomic E-state index is 12.8. The first-order valence-corrected chi connectivity index (χ1v) is 14.2. The molecule has 2 aromatic rings. The van der Waals surface area contributed by atoms with Gasteiger partial charge < -0.3 is 10.5 Å². The minimum Gasteiger partial charge on any atom is -0.461 e. The third kappa shape index (κ3) is 4.27. The summed E-state index contributed by atoms with van der Waals surface area (Å²) in [6.07, 6.45) is 17.2. The van der Waals surface area contributed by atoms with Gasteiger partial charge in [0.05, 0.1) is 0 Å². The zero-order valence-corrected chi connectivity index (χ0v) is 22.2. The van der Waals surface area contributed by atoms with Crippen LogP contribution in [0.4, 0.5) is 0 Å². The van der Waals surface area contributed by atoms with Crippen molar-refractivity contribution in [2.75, 3.05) is 0 Å². The summed E-state index contributed by atoms with van der Waals surface area (Å²) in [5.74, 6) is 1.86. The second-order valence-electron chi connectivity index (χ2n) is 12.4. The lowest BCUT2D eigenvalue weighted by Crippen LogP contribution is -2.50. The summed E-state index contributed by atoms with van der Waals surface area (Å²) in [5.41, 5.74) is 12.1. The molecule has 0 amide bonds. The Morgan fingerprint density at radius 2 is 1.84 bits per heavy atom. The molecular weight excluding hydrogens is 456 g/mol. The quantitative estimate of drug-likeness (QED) is 0.378. The van der Waals surface area contributed by atoms with Gasteiger partial charge >= 0.3 is 5.97 Å². The number of pyridine rings is 1. The van der Waals surface area contributed by atoms with E-state index in [0.29, 0.717) is 18.3 Å². The van der Waals surface area contributed by atoms with E-state index in [9.17, 15) is 4.79 Å². The Morgan fingerprint density at radius 1 is 1.03 bits per heavy atom. The Hall–Kier alpha value is -2.72. The van der Waals surface area contributed by atoms with E-state index in [2.05, 4.69) is 43.1 Å². The van der Waals surface area contributed by atoms with Crippen LogP contribution in [-0.2, 0) is 16.0 Å². The first kappa shape index (κ1) is 24.6. The fourth-order valence-electron chi connectivity index (χ4n) is 8.47. The number of nitrogens with two attached hydrogens (primary N) is 1. The number of hydrogen-bond acceptors (Lipinski definition) is 4. The summed E-state index contributed by atoms with van der Waals surface area (Å²) in [6.45, 7) is 5.01. The predicted octanol–water partition coefficient (Wildman–Crippen LogP) is 6.52. The number of allylic oxidation sites excluding steroid dienone is 3. The monoisotopic (exact) mass is 496 g/mol. The second kappa shape index (κ2) is 9.54. The number of ether oxygens (including phenoxy) is 1. The zero-order chi connectivity index (χ0) is 25.6. The van der Waals surface area contributed by atoms with Crippen molar-refractivity contribution in [1.82, 2.24) is 4.98 Å². The molecule has 0 bridgehead atoms. The van der Waals surface area contributed by atoms with Gasteiger partial charge in [-0.15, -0.1) is 0 Å². The number of benzene rings is 1. The number of carbonyl (C=O) groups is 1. The highest BCUT2D eigenvalue weighted by Gasteiger charge is 2.57. The molecular formula is C33H40N2O2. The van der Waals surface area contributed by atoms with Gasteiger partial charge in [-0.3, -0.25) is 9.78 Å². The number of fused-ring (bicyclic) bond motifs is 5. The summed E-state index contributed by atoms with van der Waals surface area (Å²) in [4.78, 5) is 17.2. The molecule has 7 unspecified atom stereocenters. The summed E-state index contributed by atoms with van der Waals surface area (Å²) in [7, 11) is 0. The van der Waals surface area contributed by atoms with Crippen LogP contribution < -0.4 is 5.73 Å². The average Bonchev–Trinajstić information content (AvgIpc) is 3.27. The van der Waals surface area contributed by atoms with Crippen LogP contribution in [0.3, 0.4) is 0 Å². The van der Waals surface area contributed by atoms with Crippen molar-refractivity contribution in [3.05, 3.63) is 83.7 Å². The molecule has 4 heteroatoms. The molecule has 7 atom stereocenters. The minimum atomic E-state index is -0.611. The molecule has 0 saturated heterocycles. The molecule has 6 rings (SSSR count). The van der Waals surface area contributed by atoms with E-state index >= 15 is 0 Å². The van der Waals surface area contributed by atoms with E-state index in [1.165, 1.54) is 36.0 Å². The summed E-state index contributed by atoms with van der Waals surface area (Å²) in [6, 6.07) is 13.6. The molecule has 1 aromatic carbocycles. The van der Waals surface area contributed by atoms with E-state index in [0.717, 1.165) is 37.2 Å². The molecule has 1 aromatic heterocycles. The van der Waals surface area contributed by atoms with Crippen molar-refractivity contribution >= 4 is 11.5 Å². The highest BCUT2D eigenvalue weighted by molar-refractivity contribution is 5.76. The first-order valence-electron chi connectivity index (χ1n) is 14.2. The van der Waals surface area contributed by atoms with E-state index < -0.39 is 6.04 Å². The SMILES string of the molecule is CC12CCC(OC(=O)C(N)Cc3ccccc3)CC1=CCC1C2CCC2(C)C(c3cccnc3)=CCC12. The second-order valence-corrected chi connectivity index (χ2v) is 12.4. The minimum absolute atomic E-state index is 0.0515. The van der Waals surface area contributed by atoms with Crippen LogP contribution >= 0.6 is 0 Å². The van der Waals surface area contributed by atoms with E-state index in [-0.39, 0.29) is 22.9 Å². The number of hydrogen-bond donors (Lipinski definition) is 1. The van der Waals surface area contributed by atoms with Gasteiger partial charge in [-0.2, -0.15) is 0 Å². The van der Waals surface area contributed by atoms with Crippen molar-refractivity contribution in [1.29, 1.82) is 0 Å².